The minimum absolute atomic E-state index is 0.641. The highest BCUT2D eigenvalue weighted by Crippen LogP contribution is 2.40. The van der Waals surface area contributed by atoms with E-state index in [4.69, 9.17) is 4.74 Å². The molecule has 0 amide bonds. The van der Waals surface area contributed by atoms with Crippen LogP contribution in [0, 0.1) is 13.8 Å². The summed E-state index contributed by atoms with van der Waals surface area (Å²) in [4.78, 5) is 0. The second kappa shape index (κ2) is 6.01. The van der Waals surface area contributed by atoms with Crippen LogP contribution in [0.2, 0.25) is 0 Å². The maximum Gasteiger partial charge on any atom is 0.846 e. The maximum absolute atomic E-state index is 15.5. The molecule has 0 bridgehead atoms. The molecular weight excluding hydrogens is 326 g/mol. The summed E-state index contributed by atoms with van der Waals surface area (Å²) in [6.07, 6.45) is 2.06. The molecule has 4 rings (SSSR count). The number of fused-ring (bicyclic) bond motifs is 2. The lowest BCUT2D eigenvalue weighted by atomic mass is 9.87. The summed E-state index contributed by atoms with van der Waals surface area (Å²) >= 11 is 0. The first-order valence-electron chi connectivity index (χ1n) is 9.06. The van der Waals surface area contributed by atoms with Gasteiger partial charge < -0.3 is 4.74 Å². The normalized spacial score (nSPS) is 16.1. The van der Waals surface area contributed by atoms with Gasteiger partial charge in [0.2, 0.25) is 0 Å². The Morgan fingerprint density at radius 2 is 1.81 bits per heavy atom. The molecule has 2 aliphatic heterocycles. The van der Waals surface area contributed by atoms with E-state index >= 15 is 4.32 Å². The van der Waals surface area contributed by atoms with Crippen molar-refractivity contribution in [1.29, 1.82) is 0 Å². The fraction of sp³-hybridized carbons (Fsp3) is 0.286. The van der Waals surface area contributed by atoms with E-state index in [2.05, 4.69) is 38.1 Å². The van der Waals surface area contributed by atoms with Crippen molar-refractivity contribution in [3.63, 3.8) is 0 Å². The Hall–Kier alpha value is -2.56. The SMILES string of the molecule is CCOc1ccc(C2=C3C(C)=CC(C)=[N+]3B(F)n3c(C)cc(C)c32)cc1. The van der Waals surface area contributed by atoms with Gasteiger partial charge in [0.25, 0.3) is 0 Å². The molecule has 3 nitrogen and oxygen atoms in total. The number of aromatic nitrogens is 1. The monoisotopic (exact) mass is 349 g/mol. The first-order valence-corrected chi connectivity index (χ1v) is 9.06. The van der Waals surface area contributed by atoms with Crippen LogP contribution in [0.25, 0.3) is 5.57 Å². The van der Waals surface area contributed by atoms with Gasteiger partial charge >= 0.3 is 7.26 Å². The Bertz CT molecular complexity index is 996. The van der Waals surface area contributed by atoms with Crippen LogP contribution in [-0.4, -0.2) is 28.5 Å². The molecule has 0 spiro atoms. The van der Waals surface area contributed by atoms with E-state index in [0.717, 1.165) is 50.8 Å². The van der Waals surface area contributed by atoms with Crippen molar-refractivity contribution in [3.05, 3.63) is 70.2 Å². The quantitative estimate of drug-likeness (QED) is 0.745. The Balaban J connectivity index is 2.01. The predicted molar refractivity (Wildman–Crippen MR) is 104 cm³/mol. The third-order valence-electron chi connectivity index (χ3n) is 5.19. The largest absolute Gasteiger partial charge is 0.846 e. The highest BCUT2D eigenvalue weighted by Gasteiger charge is 2.51. The van der Waals surface area contributed by atoms with Crippen LogP contribution in [0.5, 0.6) is 5.75 Å². The maximum atomic E-state index is 15.5. The predicted octanol–water partition coefficient (Wildman–Crippen LogP) is 4.51. The van der Waals surface area contributed by atoms with Gasteiger partial charge in [-0.3, -0.25) is 4.48 Å². The van der Waals surface area contributed by atoms with E-state index in [1.807, 2.05) is 32.9 Å². The summed E-state index contributed by atoms with van der Waals surface area (Å²) in [6, 6.07) is 10.2. The molecular formula is C21H23BFN2O+. The van der Waals surface area contributed by atoms with E-state index < -0.39 is 7.26 Å². The molecule has 0 fully saturated rings. The van der Waals surface area contributed by atoms with E-state index in [1.165, 1.54) is 0 Å². The number of ether oxygens (including phenoxy) is 1. The summed E-state index contributed by atoms with van der Waals surface area (Å²) in [5.41, 5.74) is 8.15. The highest BCUT2D eigenvalue weighted by atomic mass is 19.1. The standard InChI is InChI=1S/C21H23BFN2O/c1-6-26-18-9-7-17(8-10-18)19-20-13(2)11-15(4)24(20)22(23)25-16(5)12-14(3)21(19)25/h7-12H,6H2,1-5H3/q+1. The number of halogens is 1. The number of allylic oxidation sites excluding steroid dienone is 2. The lowest BCUT2D eigenvalue weighted by Crippen LogP contribution is -2.40. The third-order valence-corrected chi connectivity index (χ3v) is 5.19. The molecule has 2 aliphatic rings. The van der Waals surface area contributed by atoms with Gasteiger partial charge in [-0.25, -0.2) is 8.80 Å². The second-order valence-electron chi connectivity index (χ2n) is 7.02. The van der Waals surface area contributed by atoms with Crippen LogP contribution >= 0.6 is 0 Å². The van der Waals surface area contributed by atoms with Gasteiger partial charge in [0.05, 0.1) is 17.9 Å². The molecule has 0 aliphatic carbocycles. The number of hydrogen-bond donors (Lipinski definition) is 0. The zero-order valence-electron chi connectivity index (χ0n) is 15.9. The Labute approximate surface area is 154 Å². The van der Waals surface area contributed by atoms with Gasteiger partial charge in [-0.05, 0) is 57.0 Å². The molecule has 2 aromatic rings. The van der Waals surface area contributed by atoms with E-state index in [1.54, 1.807) is 8.96 Å². The molecule has 0 unspecified atom stereocenters. The van der Waals surface area contributed by atoms with Gasteiger partial charge in [-0.15, -0.1) is 0 Å². The number of nitrogens with zero attached hydrogens (tertiary/aromatic N) is 2. The van der Waals surface area contributed by atoms with E-state index in [-0.39, 0.29) is 0 Å². The average molecular weight is 349 g/mol. The number of benzene rings is 1. The van der Waals surface area contributed by atoms with Crippen molar-refractivity contribution < 1.29 is 13.5 Å². The van der Waals surface area contributed by atoms with Gasteiger partial charge in [0, 0.05) is 24.3 Å². The van der Waals surface area contributed by atoms with E-state index in [9.17, 15) is 0 Å². The zero-order valence-corrected chi connectivity index (χ0v) is 15.9. The van der Waals surface area contributed by atoms with Crippen LogP contribution in [0.4, 0.5) is 4.32 Å². The average Bonchev–Trinajstić information content (AvgIpc) is 3.06. The van der Waals surface area contributed by atoms with Gasteiger partial charge in [-0.2, -0.15) is 0 Å². The summed E-state index contributed by atoms with van der Waals surface area (Å²) in [7, 11) is -1.21. The summed E-state index contributed by atoms with van der Waals surface area (Å²) in [5, 5.41) is 0. The lowest BCUT2D eigenvalue weighted by molar-refractivity contribution is -0.336. The van der Waals surface area contributed by atoms with Crippen molar-refractivity contribution in [1.82, 2.24) is 4.48 Å². The number of hydrogen-bond acceptors (Lipinski definition) is 1. The van der Waals surface area contributed by atoms with Crippen molar-refractivity contribution in [2.75, 3.05) is 6.61 Å². The smallest absolute Gasteiger partial charge is 0.494 e. The number of rotatable bonds is 3. The molecule has 1 aromatic heterocycles. The summed E-state index contributed by atoms with van der Waals surface area (Å²) in [5.74, 6) is 0.850. The van der Waals surface area contributed by atoms with Crippen molar-refractivity contribution in [2.24, 2.45) is 0 Å². The van der Waals surface area contributed by atoms with E-state index in [0.29, 0.717) is 6.61 Å². The van der Waals surface area contributed by atoms with Crippen LogP contribution < -0.4 is 4.74 Å². The topological polar surface area (TPSA) is 17.2 Å². The molecule has 0 atom stereocenters. The van der Waals surface area contributed by atoms with Gasteiger partial charge in [0.15, 0.2) is 11.4 Å². The fourth-order valence-corrected chi connectivity index (χ4v) is 4.21. The lowest BCUT2D eigenvalue weighted by Gasteiger charge is -2.22. The molecule has 1 aromatic carbocycles. The molecule has 132 valence electrons. The van der Waals surface area contributed by atoms with Gasteiger partial charge in [-0.1, -0.05) is 12.1 Å². The summed E-state index contributed by atoms with van der Waals surface area (Å²) < 4.78 is 24.7. The minimum Gasteiger partial charge on any atom is -0.494 e. The molecule has 0 radical (unpaired) electrons. The Morgan fingerprint density at radius 1 is 1.12 bits per heavy atom. The Morgan fingerprint density at radius 3 is 2.46 bits per heavy atom. The minimum atomic E-state index is -1.21. The molecule has 26 heavy (non-hydrogen) atoms. The number of aryl methyl sites for hydroxylation is 2. The molecule has 0 N–H and O–H groups in total. The Kier molecular flexibility index (Phi) is 3.90. The second-order valence-corrected chi connectivity index (χ2v) is 7.02. The van der Waals surface area contributed by atoms with Crippen molar-refractivity contribution >= 4 is 18.5 Å². The van der Waals surface area contributed by atoms with Crippen LogP contribution in [-0.2, 0) is 0 Å². The van der Waals surface area contributed by atoms with Crippen molar-refractivity contribution in [3.8, 4) is 5.75 Å². The third kappa shape index (κ3) is 2.30. The molecule has 5 heteroatoms. The fourth-order valence-electron chi connectivity index (χ4n) is 4.21. The van der Waals surface area contributed by atoms with Crippen LogP contribution in [0.15, 0.2) is 47.7 Å². The first-order chi connectivity index (χ1) is 12.4. The summed E-state index contributed by atoms with van der Waals surface area (Å²) in [6.45, 7) is 10.7. The van der Waals surface area contributed by atoms with Crippen LogP contribution in [0.3, 0.4) is 0 Å². The highest BCUT2D eigenvalue weighted by molar-refractivity contribution is 6.43. The zero-order chi connectivity index (χ0) is 18.6. The molecule has 0 saturated carbocycles. The van der Waals surface area contributed by atoms with Crippen molar-refractivity contribution in [2.45, 2.75) is 34.6 Å². The molecule has 0 saturated heterocycles. The van der Waals surface area contributed by atoms with Crippen LogP contribution in [0.1, 0.15) is 43.3 Å². The molecule has 3 heterocycles. The first kappa shape index (κ1) is 16.9. The van der Waals surface area contributed by atoms with Gasteiger partial charge in [0.1, 0.15) is 5.75 Å².